The maximum Gasteiger partial charge on any atom is 0.224 e. The molecule has 0 unspecified atom stereocenters. The Labute approximate surface area is 107 Å². The van der Waals surface area contributed by atoms with Crippen molar-refractivity contribution in [2.75, 3.05) is 11.9 Å². The smallest absolute Gasteiger partial charge is 0.224 e. The summed E-state index contributed by atoms with van der Waals surface area (Å²) < 4.78 is 3.19. The Hall–Kier alpha value is -0.880. The van der Waals surface area contributed by atoms with Gasteiger partial charge in [0.15, 0.2) is 5.82 Å². The molecule has 0 fully saturated rings. The Morgan fingerprint density at radius 2 is 2.25 bits per heavy atom. The molecule has 0 radical (unpaired) electrons. The summed E-state index contributed by atoms with van der Waals surface area (Å²) in [7, 11) is 0. The second-order valence-electron chi connectivity index (χ2n) is 3.26. The van der Waals surface area contributed by atoms with E-state index in [1.807, 2.05) is 0 Å². The van der Waals surface area contributed by atoms with Crippen LogP contribution in [0.1, 0.15) is 13.8 Å². The number of nitrogens with zero attached hydrogens (tertiary/aromatic N) is 3. The van der Waals surface area contributed by atoms with Gasteiger partial charge in [0.25, 0.3) is 0 Å². The summed E-state index contributed by atoms with van der Waals surface area (Å²) >= 11 is 5.12. The van der Waals surface area contributed by atoms with Crippen LogP contribution in [0.15, 0.2) is 15.2 Å². The van der Waals surface area contributed by atoms with Crippen LogP contribution in [-0.2, 0) is 6.54 Å². The molecule has 86 valence electrons. The predicted octanol–water partition coefficient (Wildman–Crippen LogP) is 3.22. The highest BCUT2D eigenvalue weighted by Gasteiger charge is 2.12. The highest BCUT2D eigenvalue weighted by molar-refractivity contribution is 9.11. The molecule has 0 amide bonds. The Bertz CT molecular complexity index is 477. The van der Waals surface area contributed by atoms with E-state index >= 15 is 0 Å². The molecular formula is C10H13BrN4S. The molecule has 2 heterocycles. The Balaban J connectivity index is 2.41. The molecule has 0 aliphatic carbocycles. The monoisotopic (exact) mass is 300 g/mol. The predicted molar refractivity (Wildman–Crippen MR) is 70.9 cm³/mol. The molecule has 4 nitrogen and oxygen atoms in total. The van der Waals surface area contributed by atoms with Crippen LogP contribution < -0.4 is 5.32 Å². The molecule has 0 aliphatic rings. The first-order chi connectivity index (χ1) is 7.76. The fourth-order valence-electron chi connectivity index (χ4n) is 1.53. The van der Waals surface area contributed by atoms with Gasteiger partial charge < -0.3 is 5.32 Å². The number of hydrogen-bond acceptors (Lipinski definition) is 4. The third-order valence-electron chi connectivity index (χ3n) is 2.23. The zero-order valence-electron chi connectivity index (χ0n) is 9.20. The van der Waals surface area contributed by atoms with Crippen LogP contribution in [0.3, 0.4) is 0 Å². The number of thiophene rings is 1. The van der Waals surface area contributed by atoms with E-state index in [1.165, 1.54) is 0 Å². The molecule has 0 bridgehead atoms. The summed E-state index contributed by atoms with van der Waals surface area (Å²) in [6.07, 6.45) is 0. The number of anilines is 1. The van der Waals surface area contributed by atoms with Gasteiger partial charge in [-0.15, -0.1) is 21.5 Å². The van der Waals surface area contributed by atoms with Crippen molar-refractivity contribution in [1.29, 1.82) is 0 Å². The zero-order chi connectivity index (χ0) is 11.5. The van der Waals surface area contributed by atoms with E-state index < -0.39 is 0 Å². The zero-order valence-corrected chi connectivity index (χ0v) is 11.6. The lowest BCUT2D eigenvalue weighted by atomic mass is 10.3. The highest BCUT2D eigenvalue weighted by Crippen LogP contribution is 2.29. The average Bonchev–Trinajstić information content (AvgIpc) is 2.85. The van der Waals surface area contributed by atoms with Gasteiger partial charge in [0.1, 0.15) is 0 Å². The third-order valence-corrected chi connectivity index (χ3v) is 3.73. The lowest BCUT2D eigenvalue weighted by Crippen LogP contribution is -2.06. The molecule has 0 aromatic carbocycles. The van der Waals surface area contributed by atoms with Gasteiger partial charge in [-0.1, -0.05) is 0 Å². The summed E-state index contributed by atoms with van der Waals surface area (Å²) in [5.74, 6) is 1.75. The fourth-order valence-corrected chi connectivity index (χ4v) is 2.67. The minimum Gasteiger partial charge on any atom is -0.355 e. The van der Waals surface area contributed by atoms with E-state index in [-0.39, 0.29) is 0 Å². The van der Waals surface area contributed by atoms with Crippen molar-refractivity contribution in [1.82, 2.24) is 14.8 Å². The summed E-state index contributed by atoms with van der Waals surface area (Å²) in [5.41, 5.74) is 1.11. The minimum atomic E-state index is 0.835. The van der Waals surface area contributed by atoms with Gasteiger partial charge in [0, 0.05) is 24.0 Å². The van der Waals surface area contributed by atoms with Crippen LogP contribution in [-0.4, -0.2) is 21.3 Å². The lowest BCUT2D eigenvalue weighted by molar-refractivity contribution is 0.770. The average molecular weight is 301 g/mol. The molecule has 16 heavy (non-hydrogen) atoms. The summed E-state index contributed by atoms with van der Waals surface area (Å²) in [5, 5.41) is 13.7. The molecule has 1 N–H and O–H groups in total. The molecule has 6 heteroatoms. The van der Waals surface area contributed by atoms with E-state index in [1.54, 1.807) is 11.3 Å². The van der Waals surface area contributed by atoms with Gasteiger partial charge in [0.2, 0.25) is 5.95 Å². The first-order valence-corrected chi connectivity index (χ1v) is 6.85. The molecule has 0 aliphatic heterocycles. The first kappa shape index (κ1) is 11.6. The van der Waals surface area contributed by atoms with Crippen LogP contribution in [0.5, 0.6) is 0 Å². The second kappa shape index (κ2) is 4.97. The van der Waals surface area contributed by atoms with Crippen LogP contribution in [0, 0.1) is 0 Å². The van der Waals surface area contributed by atoms with Crippen molar-refractivity contribution in [3.8, 4) is 11.4 Å². The number of halogens is 1. The lowest BCUT2D eigenvalue weighted by Gasteiger charge is -2.06. The van der Waals surface area contributed by atoms with Crippen LogP contribution >= 0.6 is 27.3 Å². The molecule has 2 aromatic rings. The normalized spacial score (nSPS) is 10.7. The second-order valence-corrected chi connectivity index (χ2v) is 5.55. The highest BCUT2D eigenvalue weighted by atomic mass is 79.9. The van der Waals surface area contributed by atoms with E-state index in [4.69, 9.17) is 0 Å². The quantitative estimate of drug-likeness (QED) is 0.943. The first-order valence-electron chi connectivity index (χ1n) is 5.17. The number of aromatic nitrogens is 3. The molecule has 0 saturated carbocycles. The molecular weight excluding hydrogens is 288 g/mol. The van der Waals surface area contributed by atoms with Crippen molar-refractivity contribution in [3.05, 3.63) is 15.2 Å². The largest absolute Gasteiger partial charge is 0.355 e. The van der Waals surface area contributed by atoms with Crippen molar-refractivity contribution >= 4 is 33.2 Å². The molecule has 2 aromatic heterocycles. The van der Waals surface area contributed by atoms with Gasteiger partial charge in [-0.3, -0.25) is 4.57 Å². The standard InChI is InChI=1S/C10H13BrN4S/c1-3-12-10-14-13-9(15(10)4-2)7-5-8(11)16-6-7/h5-6H,3-4H2,1-2H3,(H,12,14). The van der Waals surface area contributed by atoms with Gasteiger partial charge >= 0.3 is 0 Å². The Morgan fingerprint density at radius 1 is 1.44 bits per heavy atom. The maximum absolute atomic E-state index is 4.23. The molecule has 0 saturated heterocycles. The van der Waals surface area contributed by atoms with Gasteiger partial charge in [0.05, 0.1) is 3.79 Å². The third kappa shape index (κ3) is 2.12. The fraction of sp³-hybridized carbons (Fsp3) is 0.400. The molecule has 0 atom stereocenters. The summed E-state index contributed by atoms with van der Waals surface area (Å²) in [6, 6.07) is 2.07. The van der Waals surface area contributed by atoms with E-state index in [0.717, 1.165) is 34.2 Å². The maximum atomic E-state index is 4.23. The van der Waals surface area contributed by atoms with E-state index in [9.17, 15) is 0 Å². The summed E-state index contributed by atoms with van der Waals surface area (Å²) in [4.78, 5) is 0. The van der Waals surface area contributed by atoms with Gasteiger partial charge in [-0.05, 0) is 35.8 Å². The SMILES string of the molecule is CCNc1nnc(-c2csc(Br)c2)n1CC. The van der Waals surface area contributed by atoms with Gasteiger partial charge in [-0.25, -0.2) is 0 Å². The molecule has 0 spiro atoms. The van der Waals surface area contributed by atoms with Crippen LogP contribution in [0.25, 0.3) is 11.4 Å². The van der Waals surface area contributed by atoms with Crippen LogP contribution in [0.4, 0.5) is 5.95 Å². The number of rotatable bonds is 4. The topological polar surface area (TPSA) is 42.7 Å². The van der Waals surface area contributed by atoms with Crippen molar-refractivity contribution < 1.29 is 0 Å². The minimum absolute atomic E-state index is 0.835. The molecule has 2 rings (SSSR count). The van der Waals surface area contributed by atoms with E-state index in [0.29, 0.717) is 0 Å². The van der Waals surface area contributed by atoms with Gasteiger partial charge in [-0.2, -0.15) is 0 Å². The van der Waals surface area contributed by atoms with Crippen molar-refractivity contribution in [3.63, 3.8) is 0 Å². The van der Waals surface area contributed by atoms with E-state index in [2.05, 4.69) is 61.3 Å². The summed E-state index contributed by atoms with van der Waals surface area (Å²) in [6.45, 7) is 5.86. The number of hydrogen-bond donors (Lipinski definition) is 1. The van der Waals surface area contributed by atoms with Crippen molar-refractivity contribution in [2.24, 2.45) is 0 Å². The Kier molecular flexibility index (Phi) is 3.60. The van der Waals surface area contributed by atoms with Crippen LogP contribution in [0.2, 0.25) is 0 Å². The van der Waals surface area contributed by atoms with Crippen molar-refractivity contribution in [2.45, 2.75) is 20.4 Å². The number of nitrogens with one attached hydrogen (secondary N) is 1. The Morgan fingerprint density at radius 3 is 2.81 bits per heavy atom.